The number of likely N-dealkylation sites (tertiary alicyclic amines) is 1. The number of hydrogen-bond donors (Lipinski definition) is 1. The molecule has 41 heavy (non-hydrogen) atoms. The van der Waals surface area contributed by atoms with E-state index in [0.29, 0.717) is 31.0 Å². The fourth-order valence-electron chi connectivity index (χ4n) is 5.54. The van der Waals surface area contributed by atoms with E-state index in [1.807, 2.05) is 43.0 Å². The maximum absolute atomic E-state index is 13.6. The molecule has 2 aliphatic heterocycles. The Bertz CT molecular complexity index is 1210. The molecule has 0 saturated carbocycles. The molecule has 0 bridgehead atoms. The number of nitrogens with one attached hydrogen (secondary N) is 1. The van der Waals surface area contributed by atoms with Crippen molar-refractivity contribution in [2.24, 2.45) is 5.41 Å². The Hall–Kier alpha value is -3.05. The van der Waals surface area contributed by atoms with Crippen molar-refractivity contribution in [3.63, 3.8) is 0 Å². The third-order valence-electron chi connectivity index (χ3n) is 8.30. The predicted octanol–water partition coefficient (Wildman–Crippen LogP) is 6.54. The first-order chi connectivity index (χ1) is 18.8. The van der Waals surface area contributed by atoms with E-state index in [-0.39, 0.29) is 31.1 Å². The van der Waals surface area contributed by atoms with Gasteiger partial charge in [-0.1, -0.05) is 19.0 Å². The largest absolute Gasteiger partial charge is 0.423 e. The number of halogens is 4. The number of hydrogen-bond acceptors (Lipinski definition) is 6. The van der Waals surface area contributed by atoms with Crippen LogP contribution >= 0.6 is 11.6 Å². The second kappa shape index (κ2) is 12.9. The van der Waals surface area contributed by atoms with Gasteiger partial charge in [-0.15, -0.1) is 0 Å². The first kappa shape index (κ1) is 32.5. The van der Waals surface area contributed by atoms with Crippen molar-refractivity contribution in [3.05, 3.63) is 63.2 Å². The van der Waals surface area contributed by atoms with Crippen LogP contribution in [0.1, 0.15) is 46.6 Å². The fraction of sp³-hybridized carbons (Fsp3) is 0.552. The molecule has 226 valence electrons. The topological polar surface area (TPSA) is 82.0 Å². The number of nitro benzene ring substituents is 1. The summed E-state index contributed by atoms with van der Waals surface area (Å²) in [5.41, 5.74) is -1.56. The molecule has 1 N–H and O–H groups in total. The summed E-state index contributed by atoms with van der Waals surface area (Å²) >= 11 is 6.01. The van der Waals surface area contributed by atoms with Gasteiger partial charge in [-0.25, -0.2) is 0 Å². The van der Waals surface area contributed by atoms with E-state index >= 15 is 0 Å². The van der Waals surface area contributed by atoms with Crippen LogP contribution in [0.2, 0.25) is 5.02 Å². The molecule has 2 saturated heterocycles. The SMILES string of the molecule is C.CC(N1CCN(c2ccc(Cl)cc2)CC1)C(C)(C)C(=O)N1CCC(Nc2ccc([N+](=O)[O-])c(C(F)(F)F)c2)CC1. The highest BCUT2D eigenvalue weighted by Gasteiger charge is 2.42. The number of benzene rings is 2. The maximum Gasteiger partial charge on any atom is 0.423 e. The molecule has 0 radical (unpaired) electrons. The Morgan fingerprint density at radius 1 is 1.02 bits per heavy atom. The highest BCUT2D eigenvalue weighted by Crippen LogP contribution is 2.38. The lowest BCUT2D eigenvalue weighted by molar-refractivity contribution is -0.388. The molecular weight excluding hydrogens is 559 g/mol. The lowest BCUT2D eigenvalue weighted by Crippen LogP contribution is -2.58. The molecule has 2 aliphatic rings. The van der Waals surface area contributed by atoms with Crippen molar-refractivity contribution < 1.29 is 22.9 Å². The van der Waals surface area contributed by atoms with Crippen LogP contribution in [0.5, 0.6) is 0 Å². The van der Waals surface area contributed by atoms with Crippen LogP contribution < -0.4 is 10.2 Å². The third kappa shape index (κ3) is 7.43. The van der Waals surface area contributed by atoms with E-state index in [2.05, 4.69) is 22.0 Å². The van der Waals surface area contributed by atoms with Gasteiger partial charge < -0.3 is 15.1 Å². The summed E-state index contributed by atoms with van der Waals surface area (Å²) in [5, 5.41) is 14.8. The molecule has 1 unspecified atom stereocenters. The molecule has 2 aromatic rings. The average molecular weight is 598 g/mol. The van der Waals surface area contributed by atoms with Crippen LogP contribution in [0.15, 0.2) is 42.5 Å². The van der Waals surface area contributed by atoms with E-state index < -0.39 is 27.8 Å². The number of piperidine rings is 1. The lowest BCUT2D eigenvalue weighted by Gasteiger charge is -2.46. The smallest absolute Gasteiger partial charge is 0.382 e. The number of anilines is 2. The number of amides is 1. The lowest BCUT2D eigenvalue weighted by atomic mass is 9.82. The molecule has 2 fully saturated rings. The van der Waals surface area contributed by atoms with E-state index in [1.165, 1.54) is 6.07 Å². The minimum absolute atomic E-state index is 0. The number of alkyl halides is 3. The molecule has 2 aromatic carbocycles. The molecule has 1 amide bonds. The van der Waals surface area contributed by atoms with Crippen molar-refractivity contribution in [3.8, 4) is 0 Å². The first-order valence-corrected chi connectivity index (χ1v) is 13.8. The second-order valence-corrected chi connectivity index (χ2v) is 11.5. The highest BCUT2D eigenvalue weighted by molar-refractivity contribution is 6.30. The van der Waals surface area contributed by atoms with Crippen molar-refractivity contribution in [2.75, 3.05) is 49.5 Å². The Labute approximate surface area is 244 Å². The summed E-state index contributed by atoms with van der Waals surface area (Å²) in [6.07, 6.45) is -3.71. The van der Waals surface area contributed by atoms with Crippen LogP contribution in [-0.2, 0) is 11.0 Å². The van der Waals surface area contributed by atoms with E-state index in [9.17, 15) is 28.1 Å². The Morgan fingerprint density at radius 3 is 2.15 bits per heavy atom. The number of piperazine rings is 1. The molecule has 0 spiro atoms. The second-order valence-electron chi connectivity index (χ2n) is 11.1. The minimum Gasteiger partial charge on any atom is -0.382 e. The number of rotatable bonds is 7. The van der Waals surface area contributed by atoms with Crippen LogP contribution in [0.4, 0.5) is 30.2 Å². The van der Waals surface area contributed by atoms with Crippen LogP contribution in [0.25, 0.3) is 0 Å². The quantitative estimate of drug-likeness (QED) is 0.288. The zero-order valence-corrected chi connectivity index (χ0v) is 23.6. The molecule has 1 atom stereocenters. The van der Waals surface area contributed by atoms with Gasteiger partial charge in [0.25, 0.3) is 5.69 Å². The average Bonchev–Trinajstić information content (AvgIpc) is 2.92. The van der Waals surface area contributed by atoms with Gasteiger partial charge in [0.2, 0.25) is 5.91 Å². The van der Waals surface area contributed by atoms with Gasteiger partial charge in [0.15, 0.2) is 0 Å². The first-order valence-electron chi connectivity index (χ1n) is 13.4. The maximum atomic E-state index is 13.6. The summed E-state index contributed by atoms with van der Waals surface area (Å²) in [5.74, 6) is 0.0632. The zero-order valence-electron chi connectivity index (χ0n) is 22.9. The van der Waals surface area contributed by atoms with Gasteiger partial charge in [0, 0.05) is 73.8 Å². The molecular formula is C29H39ClF3N5O3. The van der Waals surface area contributed by atoms with Crippen LogP contribution in [0.3, 0.4) is 0 Å². The van der Waals surface area contributed by atoms with Crippen LogP contribution in [-0.4, -0.2) is 72.0 Å². The van der Waals surface area contributed by atoms with Gasteiger partial charge in [0.05, 0.1) is 10.3 Å². The number of carbonyl (C=O) groups is 1. The van der Waals surface area contributed by atoms with Crippen molar-refractivity contribution in [2.45, 2.75) is 59.3 Å². The van der Waals surface area contributed by atoms with E-state index in [1.54, 1.807) is 0 Å². The summed E-state index contributed by atoms with van der Waals surface area (Å²) in [6, 6.07) is 10.6. The van der Waals surface area contributed by atoms with Gasteiger partial charge >= 0.3 is 6.18 Å². The molecule has 8 nitrogen and oxygen atoms in total. The van der Waals surface area contributed by atoms with Gasteiger partial charge in [0.1, 0.15) is 5.56 Å². The number of carbonyl (C=O) groups excluding carboxylic acids is 1. The predicted molar refractivity (Wildman–Crippen MR) is 157 cm³/mol. The van der Waals surface area contributed by atoms with Crippen molar-refractivity contribution in [1.82, 2.24) is 9.80 Å². The Morgan fingerprint density at radius 2 is 1.61 bits per heavy atom. The number of nitrogens with zero attached hydrogens (tertiary/aromatic N) is 4. The molecule has 4 rings (SSSR count). The fourth-order valence-corrected chi connectivity index (χ4v) is 5.66. The molecule has 0 aromatic heterocycles. The Kier molecular flexibility index (Phi) is 10.2. The molecule has 2 heterocycles. The van der Waals surface area contributed by atoms with Gasteiger partial charge in [-0.3, -0.25) is 19.8 Å². The van der Waals surface area contributed by atoms with E-state index in [0.717, 1.165) is 44.0 Å². The van der Waals surface area contributed by atoms with E-state index in [4.69, 9.17) is 11.6 Å². The highest BCUT2D eigenvalue weighted by atomic mass is 35.5. The molecule has 12 heteroatoms. The minimum atomic E-state index is -4.83. The third-order valence-corrected chi connectivity index (χ3v) is 8.55. The van der Waals surface area contributed by atoms with Crippen molar-refractivity contribution in [1.29, 1.82) is 0 Å². The monoisotopic (exact) mass is 597 g/mol. The zero-order chi connectivity index (χ0) is 29.2. The number of nitro groups is 1. The molecule has 0 aliphatic carbocycles. The Balaban J connectivity index is 0.00000462. The van der Waals surface area contributed by atoms with Crippen molar-refractivity contribution >= 4 is 34.6 Å². The van der Waals surface area contributed by atoms with Crippen LogP contribution in [0, 0.1) is 15.5 Å². The summed E-state index contributed by atoms with van der Waals surface area (Å²) in [7, 11) is 0. The van der Waals surface area contributed by atoms with Gasteiger partial charge in [-0.2, -0.15) is 13.2 Å². The summed E-state index contributed by atoms with van der Waals surface area (Å²) < 4.78 is 40.0. The summed E-state index contributed by atoms with van der Waals surface area (Å²) in [4.78, 5) is 30.1. The van der Waals surface area contributed by atoms with Gasteiger partial charge in [-0.05, 0) is 70.0 Å². The normalized spacial score (nSPS) is 18.0. The summed E-state index contributed by atoms with van der Waals surface area (Å²) in [6.45, 7) is 10.4. The standard InChI is InChI=1S/C28H35ClF3N5O3.CH4/c1-19(34-14-16-35(17-15-34)23-7-4-20(29)5-8-23)27(2,3)26(38)36-12-10-21(11-13-36)33-22-6-9-25(37(39)40)24(18-22)28(30,31)32;/h4-9,18-19,21,33H,10-17H2,1-3H3;1H4.